The molecule has 2 rings (SSSR count). The molecule has 7 heteroatoms. The van der Waals surface area contributed by atoms with Crippen LogP contribution in [-0.2, 0) is 9.53 Å². The SMILES string of the molecule is COCCN(C)C(=N)N=C1C(=Cc2cccc(O)c2)CCN1C(=O)CC(C)(C)C. The maximum Gasteiger partial charge on any atom is 0.228 e. The van der Waals surface area contributed by atoms with E-state index in [9.17, 15) is 9.90 Å². The van der Waals surface area contributed by atoms with Crippen LogP contribution in [0.5, 0.6) is 5.75 Å². The second kappa shape index (κ2) is 9.69. The van der Waals surface area contributed by atoms with Gasteiger partial charge in [0.15, 0.2) is 0 Å². The molecule has 0 aliphatic carbocycles. The number of methoxy groups -OCH3 is 1. The lowest BCUT2D eigenvalue weighted by Gasteiger charge is -2.24. The fraction of sp³-hybridized carbons (Fsp3) is 0.500. The van der Waals surface area contributed by atoms with Crippen molar-refractivity contribution < 1.29 is 14.6 Å². The number of rotatable bonds is 5. The predicted molar refractivity (Wildman–Crippen MR) is 116 cm³/mol. The Bertz CT molecular complexity index is 809. The van der Waals surface area contributed by atoms with Crippen molar-refractivity contribution in [3.8, 4) is 5.75 Å². The Labute approximate surface area is 173 Å². The molecule has 1 aromatic rings. The third-order valence-electron chi connectivity index (χ3n) is 4.55. The molecule has 1 saturated heterocycles. The van der Waals surface area contributed by atoms with Gasteiger partial charge in [0.2, 0.25) is 11.9 Å². The predicted octanol–water partition coefficient (Wildman–Crippen LogP) is 3.36. The maximum atomic E-state index is 12.9. The number of hydrogen-bond donors (Lipinski definition) is 2. The molecule has 0 bridgehead atoms. The van der Waals surface area contributed by atoms with Crippen LogP contribution in [-0.4, -0.2) is 66.5 Å². The lowest BCUT2D eigenvalue weighted by atomic mass is 9.91. The number of amidine groups is 1. The van der Waals surface area contributed by atoms with Crippen LogP contribution in [0.2, 0.25) is 0 Å². The molecular weight excluding hydrogens is 368 g/mol. The molecule has 1 heterocycles. The summed E-state index contributed by atoms with van der Waals surface area (Å²) in [6.45, 7) is 7.65. The van der Waals surface area contributed by atoms with E-state index in [4.69, 9.17) is 10.1 Å². The van der Waals surface area contributed by atoms with Crippen molar-refractivity contribution in [2.45, 2.75) is 33.6 Å². The number of nitrogens with one attached hydrogen (secondary N) is 1. The minimum atomic E-state index is -0.136. The molecule has 1 aliphatic rings. The highest BCUT2D eigenvalue weighted by molar-refractivity contribution is 6.15. The summed E-state index contributed by atoms with van der Waals surface area (Å²) in [5, 5.41) is 18.1. The number of benzene rings is 1. The molecular formula is C22H32N4O3. The van der Waals surface area contributed by atoms with Crippen molar-refractivity contribution in [3.05, 3.63) is 35.4 Å². The fourth-order valence-electron chi connectivity index (χ4n) is 3.02. The highest BCUT2D eigenvalue weighted by atomic mass is 16.5. The third kappa shape index (κ3) is 6.71. The number of carbonyl (C=O) groups excluding carboxylic acids is 1. The molecule has 0 radical (unpaired) electrons. The first-order valence-electron chi connectivity index (χ1n) is 9.78. The van der Waals surface area contributed by atoms with Crippen molar-refractivity contribution in [1.82, 2.24) is 9.80 Å². The Hall–Kier alpha value is -2.67. The second-order valence-electron chi connectivity index (χ2n) is 8.47. The molecule has 0 saturated carbocycles. The van der Waals surface area contributed by atoms with Gasteiger partial charge in [-0.1, -0.05) is 32.9 Å². The van der Waals surface area contributed by atoms with E-state index in [0.717, 1.165) is 11.1 Å². The number of nitrogens with zero attached hydrogens (tertiary/aromatic N) is 3. The van der Waals surface area contributed by atoms with Crippen LogP contribution in [0.15, 0.2) is 34.8 Å². The number of hydrogen-bond acceptors (Lipinski definition) is 4. The molecule has 1 fully saturated rings. The summed E-state index contributed by atoms with van der Waals surface area (Å²) in [7, 11) is 3.39. The van der Waals surface area contributed by atoms with Gasteiger partial charge in [-0.2, -0.15) is 4.99 Å². The van der Waals surface area contributed by atoms with Gasteiger partial charge in [0.1, 0.15) is 11.6 Å². The average Bonchev–Trinajstić information content (AvgIpc) is 3.00. The molecule has 2 N–H and O–H groups in total. The molecule has 1 aromatic carbocycles. The number of phenols is 1. The summed E-state index contributed by atoms with van der Waals surface area (Å²) in [6.07, 6.45) is 2.98. The lowest BCUT2D eigenvalue weighted by Crippen LogP contribution is -2.37. The third-order valence-corrected chi connectivity index (χ3v) is 4.55. The maximum absolute atomic E-state index is 12.9. The summed E-state index contributed by atoms with van der Waals surface area (Å²) in [4.78, 5) is 20.8. The molecule has 1 amide bonds. The Morgan fingerprint density at radius 3 is 2.76 bits per heavy atom. The van der Waals surface area contributed by atoms with Crippen molar-refractivity contribution in [2.75, 3.05) is 33.9 Å². The number of ether oxygens (including phenoxy) is 1. The first-order valence-corrected chi connectivity index (χ1v) is 9.78. The van der Waals surface area contributed by atoms with Crippen LogP contribution >= 0.6 is 0 Å². The van der Waals surface area contributed by atoms with Gasteiger partial charge in [-0.3, -0.25) is 15.1 Å². The summed E-state index contributed by atoms with van der Waals surface area (Å²) in [5.41, 5.74) is 1.57. The van der Waals surface area contributed by atoms with Crippen molar-refractivity contribution in [2.24, 2.45) is 10.4 Å². The van der Waals surface area contributed by atoms with Gasteiger partial charge < -0.3 is 14.7 Å². The van der Waals surface area contributed by atoms with E-state index in [1.54, 1.807) is 42.2 Å². The van der Waals surface area contributed by atoms with E-state index in [1.807, 2.05) is 32.9 Å². The molecule has 0 spiro atoms. The van der Waals surface area contributed by atoms with Crippen LogP contribution in [0, 0.1) is 10.8 Å². The van der Waals surface area contributed by atoms with Crippen LogP contribution in [0.4, 0.5) is 0 Å². The van der Waals surface area contributed by atoms with Gasteiger partial charge in [0.05, 0.1) is 6.61 Å². The van der Waals surface area contributed by atoms with E-state index in [-0.39, 0.29) is 23.0 Å². The van der Waals surface area contributed by atoms with Crippen LogP contribution in [0.25, 0.3) is 6.08 Å². The van der Waals surface area contributed by atoms with Crippen LogP contribution in [0.1, 0.15) is 39.2 Å². The number of guanidine groups is 1. The van der Waals surface area contributed by atoms with E-state index in [0.29, 0.717) is 38.4 Å². The smallest absolute Gasteiger partial charge is 0.228 e. The van der Waals surface area contributed by atoms with Crippen molar-refractivity contribution in [3.63, 3.8) is 0 Å². The quantitative estimate of drug-likeness (QED) is 0.586. The van der Waals surface area contributed by atoms with Crippen LogP contribution < -0.4 is 0 Å². The van der Waals surface area contributed by atoms with Gasteiger partial charge in [-0.25, -0.2) is 0 Å². The Morgan fingerprint density at radius 2 is 2.14 bits per heavy atom. The summed E-state index contributed by atoms with van der Waals surface area (Å²) >= 11 is 0. The largest absolute Gasteiger partial charge is 0.508 e. The number of likely N-dealkylation sites (N-methyl/N-ethyl adjacent to an activating group) is 1. The Morgan fingerprint density at radius 1 is 1.41 bits per heavy atom. The molecule has 7 nitrogen and oxygen atoms in total. The zero-order valence-corrected chi connectivity index (χ0v) is 18.0. The van der Waals surface area contributed by atoms with Gasteiger partial charge in [0.25, 0.3) is 0 Å². The van der Waals surface area contributed by atoms with Crippen molar-refractivity contribution >= 4 is 23.8 Å². The standard InChI is InChI=1S/C22H32N4O3/c1-22(2,3)15-19(28)26-10-9-17(13-16-7-6-8-18(27)14-16)20(26)24-21(23)25(4)11-12-29-5/h6-8,13-14,23,27H,9-12,15H2,1-5H3. The Balaban J connectivity index is 2.36. The highest BCUT2D eigenvalue weighted by Crippen LogP contribution is 2.27. The highest BCUT2D eigenvalue weighted by Gasteiger charge is 2.31. The minimum absolute atomic E-state index is 0.00269. The molecule has 1 aliphatic heterocycles. The normalized spacial score (nSPS) is 17.2. The van der Waals surface area contributed by atoms with Gasteiger partial charge in [0, 0.05) is 33.7 Å². The van der Waals surface area contributed by atoms with E-state index >= 15 is 0 Å². The first kappa shape index (κ1) is 22.6. The molecule has 0 aromatic heterocycles. The molecule has 29 heavy (non-hydrogen) atoms. The number of amides is 1. The van der Waals surface area contributed by atoms with Crippen molar-refractivity contribution in [1.29, 1.82) is 5.41 Å². The van der Waals surface area contributed by atoms with Gasteiger partial charge >= 0.3 is 0 Å². The topological polar surface area (TPSA) is 89.2 Å². The monoisotopic (exact) mass is 400 g/mol. The van der Waals surface area contributed by atoms with E-state index in [1.165, 1.54) is 0 Å². The van der Waals surface area contributed by atoms with E-state index < -0.39 is 0 Å². The zero-order valence-electron chi connectivity index (χ0n) is 18.0. The molecule has 158 valence electrons. The van der Waals surface area contributed by atoms with E-state index in [2.05, 4.69) is 4.99 Å². The Kier molecular flexibility index (Phi) is 7.56. The van der Waals surface area contributed by atoms with Crippen LogP contribution in [0.3, 0.4) is 0 Å². The van der Waals surface area contributed by atoms with Gasteiger partial charge in [-0.15, -0.1) is 0 Å². The minimum Gasteiger partial charge on any atom is -0.508 e. The fourth-order valence-corrected chi connectivity index (χ4v) is 3.02. The van der Waals surface area contributed by atoms with Gasteiger partial charge in [-0.05, 0) is 41.2 Å². The lowest BCUT2D eigenvalue weighted by molar-refractivity contribution is -0.128. The first-order chi connectivity index (χ1) is 13.6. The average molecular weight is 401 g/mol. The summed E-state index contributed by atoms with van der Waals surface area (Å²) < 4.78 is 5.07. The summed E-state index contributed by atoms with van der Waals surface area (Å²) in [5.74, 6) is 0.776. The zero-order chi connectivity index (χ0) is 21.6. The number of likely N-dealkylation sites (tertiary alicyclic amines) is 1. The number of aromatic hydroxyl groups is 1. The number of carbonyl (C=O) groups is 1. The second-order valence-corrected chi connectivity index (χ2v) is 8.47. The number of aliphatic imine (C=N–C) groups is 1. The molecule has 0 atom stereocenters. The number of phenolic OH excluding ortho intramolecular Hbond substituents is 1. The molecule has 0 unspecified atom stereocenters. The summed E-state index contributed by atoms with van der Waals surface area (Å²) in [6, 6.07) is 6.95.